The number of nitrogens with one attached hydrogen (secondary N) is 1. The quantitative estimate of drug-likeness (QED) is 0.300. The minimum atomic E-state index is -0.0587. The van der Waals surface area contributed by atoms with Crippen LogP contribution in [-0.2, 0) is 44.7 Å². The normalized spacial score (nSPS) is 12.4. The highest BCUT2D eigenvalue weighted by molar-refractivity contribution is 5.84. The second-order valence-electron chi connectivity index (χ2n) is 10.8. The fraction of sp³-hybridized carbons (Fsp3) is 0.333. The molecule has 0 aliphatic heterocycles. The Morgan fingerprint density at radius 1 is 1.00 bits per heavy atom. The van der Waals surface area contributed by atoms with E-state index in [0.29, 0.717) is 18.8 Å². The lowest BCUT2D eigenvalue weighted by molar-refractivity contribution is -0.121. The lowest BCUT2D eigenvalue weighted by Crippen LogP contribution is -2.33. The van der Waals surface area contributed by atoms with E-state index < -0.39 is 0 Å². The van der Waals surface area contributed by atoms with Crippen molar-refractivity contribution in [3.63, 3.8) is 0 Å². The summed E-state index contributed by atoms with van der Waals surface area (Å²) in [5.41, 5.74) is 9.36. The standard InChI is InChI=1S/C30H34N10O/c1-37(2)14-12-31-27(41)19-40-13-11-24(35-40)15-26-32-16-22-9-10-25-28(29(22)34-26)30(39(4)36-25)21-7-5-20(6-8-21)23-17-33-38(3)18-23/h5-8,11,13,16-18H,9-10,12,14-15,19H2,1-4H3,(H,31,41). The Morgan fingerprint density at radius 3 is 2.56 bits per heavy atom. The van der Waals surface area contributed by atoms with Crippen molar-refractivity contribution in [1.82, 2.24) is 49.5 Å². The summed E-state index contributed by atoms with van der Waals surface area (Å²) in [5.74, 6) is 0.635. The van der Waals surface area contributed by atoms with Gasteiger partial charge in [0.1, 0.15) is 12.4 Å². The number of amides is 1. The summed E-state index contributed by atoms with van der Waals surface area (Å²) >= 11 is 0. The number of benzene rings is 1. The fourth-order valence-electron chi connectivity index (χ4n) is 5.28. The molecule has 11 heteroatoms. The van der Waals surface area contributed by atoms with E-state index in [1.54, 1.807) is 4.68 Å². The maximum Gasteiger partial charge on any atom is 0.241 e. The van der Waals surface area contributed by atoms with Crippen molar-refractivity contribution in [2.24, 2.45) is 14.1 Å². The molecule has 210 valence electrons. The van der Waals surface area contributed by atoms with Gasteiger partial charge in [0.2, 0.25) is 5.91 Å². The minimum Gasteiger partial charge on any atom is -0.353 e. The highest BCUT2D eigenvalue weighted by Gasteiger charge is 2.27. The second-order valence-corrected chi connectivity index (χ2v) is 10.8. The maximum atomic E-state index is 12.3. The Balaban J connectivity index is 1.23. The molecule has 0 saturated heterocycles. The molecular formula is C30H34N10O. The van der Waals surface area contributed by atoms with Crippen LogP contribution in [0.25, 0.3) is 33.6 Å². The van der Waals surface area contributed by atoms with Crippen LogP contribution >= 0.6 is 0 Å². The van der Waals surface area contributed by atoms with Crippen LogP contribution in [0.3, 0.4) is 0 Å². The number of carbonyl (C=O) groups is 1. The summed E-state index contributed by atoms with van der Waals surface area (Å²) in [6.07, 6.45) is 9.85. The van der Waals surface area contributed by atoms with E-state index in [1.165, 1.54) is 0 Å². The molecule has 0 bridgehead atoms. The van der Waals surface area contributed by atoms with Crippen molar-refractivity contribution < 1.29 is 4.79 Å². The number of hydrogen-bond acceptors (Lipinski definition) is 7. The van der Waals surface area contributed by atoms with Gasteiger partial charge in [-0.3, -0.25) is 18.8 Å². The van der Waals surface area contributed by atoms with Crippen molar-refractivity contribution in [3.8, 4) is 33.6 Å². The van der Waals surface area contributed by atoms with Gasteiger partial charge < -0.3 is 10.2 Å². The third-order valence-electron chi connectivity index (χ3n) is 7.32. The predicted molar refractivity (Wildman–Crippen MR) is 156 cm³/mol. The first-order chi connectivity index (χ1) is 19.8. The van der Waals surface area contributed by atoms with E-state index in [0.717, 1.165) is 70.0 Å². The zero-order chi connectivity index (χ0) is 28.5. The number of aryl methyl sites for hydroxylation is 4. The zero-order valence-electron chi connectivity index (χ0n) is 23.9. The number of nitrogens with zero attached hydrogens (tertiary/aromatic N) is 9. The Hall–Kier alpha value is -4.64. The minimum absolute atomic E-state index is 0.0587. The van der Waals surface area contributed by atoms with Gasteiger partial charge in [-0.25, -0.2) is 9.97 Å². The number of fused-ring (bicyclic) bond motifs is 3. The van der Waals surface area contributed by atoms with Crippen LogP contribution in [0.2, 0.25) is 0 Å². The number of hydrogen-bond donors (Lipinski definition) is 1. The Kier molecular flexibility index (Phi) is 7.19. The lowest BCUT2D eigenvalue weighted by atomic mass is 9.91. The van der Waals surface area contributed by atoms with Gasteiger partial charge in [0.05, 0.1) is 35.4 Å². The lowest BCUT2D eigenvalue weighted by Gasteiger charge is -2.16. The highest BCUT2D eigenvalue weighted by atomic mass is 16.2. The maximum absolute atomic E-state index is 12.3. The van der Waals surface area contributed by atoms with Crippen LogP contribution in [0.15, 0.2) is 55.1 Å². The molecule has 1 aromatic carbocycles. The smallest absolute Gasteiger partial charge is 0.241 e. The molecule has 0 saturated carbocycles. The summed E-state index contributed by atoms with van der Waals surface area (Å²) in [4.78, 5) is 24.0. The fourth-order valence-corrected chi connectivity index (χ4v) is 5.28. The van der Waals surface area contributed by atoms with Gasteiger partial charge >= 0.3 is 0 Å². The van der Waals surface area contributed by atoms with Crippen LogP contribution in [0.4, 0.5) is 0 Å². The summed E-state index contributed by atoms with van der Waals surface area (Å²) in [5, 5.41) is 16.7. The SMILES string of the molecule is CN(C)CCNC(=O)Cn1ccc(Cc2ncc3c(n2)-c2c(nn(C)c2-c2ccc(-c4cnn(C)c4)cc2)CC3)n1. The average Bonchev–Trinajstić information content (AvgIpc) is 3.66. The number of aromatic nitrogens is 8. The first-order valence-corrected chi connectivity index (χ1v) is 13.8. The molecule has 1 aliphatic carbocycles. The van der Waals surface area contributed by atoms with Crippen molar-refractivity contribution in [2.45, 2.75) is 25.8 Å². The van der Waals surface area contributed by atoms with Crippen molar-refractivity contribution in [3.05, 3.63) is 77.9 Å². The molecule has 0 radical (unpaired) electrons. The van der Waals surface area contributed by atoms with Gasteiger partial charge in [0.15, 0.2) is 0 Å². The third-order valence-corrected chi connectivity index (χ3v) is 7.32. The van der Waals surface area contributed by atoms with Gasteiger partial charge in [-0.05, 0) is 44.1 Å². The van der Waals surface area contributed by atoms with Crippen LogP contribution in [0, 0.1) is 0 Å². The van der Waals surface area contributed by atoms with Gasteiger partial charge in [0, 0.05) is 62.5 Å². The predicted octanol–water partition coefficient (Wildman–Crippen LogP) is 2.51. The van der Waals surface area contributed by atoms with E-state index in [-0.39, 0.29) is 12.5 Å². The Labute approximate surface area is 238 Å². The molecule has 1 aliphatic rings. The molecule has 41 heavy (non-hydrogen) atoms. The largest absolute Gasteiger partial charge is 0.353 e. The monoisotopic (exact) mass is 550 g/mol. The molecule has 4 heterocycles. The van der Waals surface area contributed by atoms with E-state index in [9.17, 15) is 4.79 Å². The Morgan fingerprint density at radius 2 is 1.80 bits per heavy atom. The van der Waals surface area contributed by atoms with Gasteiger partial charge in [-0.2, -0.15) is 15.3 Å². The molecule has 1 N–H and O–H groups in total. The third kappa shape index (κ3) is 5.66. The summed E-state index contributed by atoms with van der Waals surface area (Å²) in [6, 6.07) is 10.4. The topological polar surface area (TPSA) is 112 Å². The molecule has 0 unspecified atom stereocenters. The first kappa shape index (κ1) is 26.6. The van der Waals surface area contributed by atoms with E-state index in [2.05, 4.69) is 44.8 Å². The molecular weight excluding hydrogens is 516 g/mol. The van der Waals surface area contributed by atoms with Crippen LogP contribution in [0.1, 0.15) is 22.8 Å². The summed E-state index contributed by atoms with van der Waals surface area (Å²) < 4.78 is 5.43. The molecule has 5 aromatic rings. The zero-order valence-corrected chi connectivity index (χ0v) is 23.9. The van der Waals surface area contributed by atoms with Gasteiger partial charge in [0.25, 0.3) is 0 Å². The second kappa shape index (κ2) is 11.1. The molecule has 4 aromatic heterocycles. The van der Waals surface area contributed by atoms with E-state index in [4.69, 9.17) is 10.1 Å². The highest BCUT2D eigenvalue weighted by Crippen LogP contribution is 2.39. The molecule has 11 nitrogen and oxygen atoms in total. The van der Waals surface area contributed by atoms with Crippen molar-refractivity contribution in [1.29, 1.82) is 0 Å². The van der Waals surface area contributed by atoms with Crippen LogP contribution in [0.5, 0.6) is 0 Å². The number of carbonyl (C=O) groups excluding carboxylic acids is 1. The molecule has 0 atom stereocenters. The number of rotatable bonds is 9. The van der Waals surface area contributed by atoms with Crippen molar-refractivity contribution in [2.75, 3.05) is 27.2 Å². The Bertz CT molecular complexity index is 1690. The molecule has 0 spiro atoms. The van der Waals surface area contributed by atoms with Crippen molar-refractivity contribution >= 4 is 5.91 Å². The molecule has 1 amide bonds. The van der Waals surface area contributed by atoms with E-state index >= 15 is 0 Å². The molecule has 0 fully saturated rings. The summed E-state index contributed by atoms with van der Waals surface area (Å²) in [7, 11) is 7.87. The summed E-state index contributed by atoms with van der Waals surface area (Å²) in [6.45, 7) is 1.58. The first-order valence-electron chi connectivity index (χ1n) is 13.8. The van der Waals surface area contributed by atoms with Crippen LogP contribution in [-0.4, -0.2) is 77.3 Å². The number of likely N-dealkylation sites (N-methyl/N-ethyl adjacent to an activating group) is 1. The van der Waals surface area contributed by atoms with E-state index in [1.807, 2.05) is 73.3 Å². The molecule has 6 rings (SSSR count). The average molecular weight is 551 g/mol. The van der Waals surface area contributed by atoms with Crippen LogP contribution < -0.4 is 5.32 Å². The van der Waals surface area contributed by atoms with Gasteiger partial charge in [-0.15, -0.1) is 0 Å². The van der Waals surface area contributed by atoms with Gasteiger partial charge in [-0.1, -0.05) is 24.3 Å².